The van der Waals surface area contributed by atoms with Crippen LogP contribution in [0.15, 0.2) is 72.8 Å². The number of benzene rings is 3. The Bertz CT molecular complexity index is 1250. The van der Waals surface area contributed by atoms with Crippen LogP contribution in [0.4, 0.5) is 4.39 Å². The van der Waals surface area contributed by atoms with Crippen LogP contribution >= 0.6 is 0 Å². The van der Waals surface area contributed by atoms with Gasteiger partial charge in [-0.25, -0.2) is 9.07 Å². The molecule has 0 saturated heterocycles. The molecule has 5 nitrogen and oxygen atoms in total. The highest BCUT2D eigenvalue weighted by Gasteiger charge is 2.19. The van der Waals surface area contributed by atoms with Crippen molar-refractivity contribution in [2.24, 2.45) is 0 Å². The number of aromatic nitrogens is 2. The van der Waals surface area contributed by atoms with Crippen molar-refractivity contribution in [2.45, 2.75) is 20.4 Å². The van der Waals surface area contributed by atoms with Gasteiger partial charge in [-0.1, -0.05) is 29.8 Å². The number of nitrogens with one attached hydrogen (secondary N) is 1. The molecule has 0 aliphatic heterocycles. The van der Waals surface area contributed by atoms with Gasteiger partial charge in [-0.3, -0.25) is 4.79 Å². The SMILES string of the molecule is COc1ccc(-c2cc(C(=O)NCc3ccc(F)cc3)n(-c3ccc(C)cc3C)n2)cc1. The third kappa shape index (κ3) is 4.54. The summed E-state index contributed by atoms with van der Waals surface area (Å²) in [6, 6.07) is 21.4. The minimum Gasteiger partial charge on any atom is -0.497 e. The standard InChI is InChI=1S/C26H24FN3O2/c1-17-4-13-24(18(2)14-17)30-25(26(31)28-16-19-5-9-21(27)10-6-19)15-23(29-30)20-7-11-22(32-3)12-8-20/h4-15H,16H2,1-3H3,(H,28,31). The lowest BCUT2D eigenvalue weighted by Crippen LogP contribution is -2.25. The maximum absolute atomic E-state index is 13.2. The predicted octanol–water partition coefficient (Wildman–Crippen LogP) is 5.23. The van der Waals surface area contributed by atoms with E-state index in [9.17, 15) is 9.18 Å². The molecule has 4 rings (SSSR count). The van der Waals surface area contributed by atoms with Crippen LogP contribution in [0.1, 0.15) is 27.2 Å². The first-order valence-corrected chi connectivity index (χ1v) is 10.3. The van der Waals surface area contributed by atoms with Crippen LogP contribution < -0.4 is 10.1 Å². The highest BCUT2D eigenvalue weighted by molar-refractivity contribution is 5.94. The van der Waals surface area contributed by atoms with E-state index in [4.69, 9.17) is 9.84 Å². The van der Waals surface area contributed by atoms with Gasteiger partial charge in [0, 0.05) is 12.1 Å². The molecule has 0 spiro atoms. The molecular weight excluding hydrogens is 405 g/mol. The molecule has 0 aliphatic rings. The van der Waals surface area contributed by atoms with Crippen LogP contribution in [0.3, 0.4) is 0 Å². The quantitative estimate of drug-likeness (QED) is 0.456. The van der Waals surface area contributed by atoms with Gasteiger partial charge in [0.05, 0.1) is 18.5 Å². The van der Waals surface area contributed by atoms with Crippen LogP contribution in [0.25, 0.3) is 16.9 Å². The van der Waals surface area contributed by atoms with Crippen molar-refractivity contribution in [1.29, 1.82) is 0 Å². The summed E-state index contributed by atoms with van der Waals surface area (Å²) in [4.78, 5) is 13.1. The Hall–Kier alpha value is -3.93. The third-order valence-electron chi connectivity index (χ3n) is 5.27. The number of carbonyl (C=O) groups excluding carboxylic acids is 1. The van der Waals surface area contributed by atoms with E-state index in [1.165, 1.54) is 12.1 Å². The van der Waals surface area contributed by atoms with Crippen LogP contribution in [0.5, 0.6) is 5.75 Å². The number of nitrogens with zero attached hydrogens (tertiary/aromatic N) is 2. The number of methoxy groups -OCH3 is 1. The maximum atomic E-state index is 13.2. The Balaban J connectivity index is 1.70. The van der Waals surface area contributed by atoms with Crippen LogP contribution in [-0.4, -0.2) is 22.8 Å². The molecule has 1 N–H and O–H groups in total. The highest BCUT2D eigenvalue weighted by Crippen LogP contribution is 2.25. The van der Waals surface area contributed by atoms with E-state index >= 15 is 0 Å². The van der Waals surface area contributed by atoms with Crippen LogP contribution in [0.2, 0.25) is 0 Å². The second-order valence-corrected chi connectivity index (χ2v) is 7.65. The highest BCUT2D eigenvalue weighted by atomic mass is 19.1. The molecule has 0 fully saturated rings. The van der Waals surface area contributed by atoms with Crippen molar-refractivity contribution in [3.63, 3.8) is 0 Å². The summed E-state index contributed by atoms with van der Waals surface area (Å²) in [5.41, 5.74) is 5.78. The van der Waals surface area contributed by atoms with E-state index in [1.807, 2.05) is 50.2 Å². The van der Waals surface area contributed by atoms with Crippen molar-refractivity contribution in [2.75, 3.05) is 7.11 Å². The minimum atomic E-state index is -0.308. The molecule has 1 amide bonds. The lowest BCUT2D eigenvalue weighted by Gasteiger charge is -2.11. The number of amides is 1. The molecule has 4 aromatic rings. The first kappa shape index (κ1) is 21.3. The molecule has 0 aliphatic carbocycles. The zero-order chi connectivity index (χ0) is 22.7. The second kappa shape index (κ2) is 9.06. The Morgan fingerprint density at radius 2 is 1.72 bits per heavy atom. The summed E-state index contributed by atoms with van der Waals surface area (Å²) < 4.78 is 20.1. The summed E-state index contributed by atoms with van der Waals surface area (Å²) in [7, 11) is 1.62. The van der Waals surface area contributed by atoms with Gasteiger partial charge in [0.1, 0.15) is 17.3 Å². The normalized spacial score (nSPS) is 10.8. The monoisotopic (exact) mass is 429 g/mol. The average Bonchev–Trinajstić information content (AvgIpc) is 3.24. The van der Waals surface area contributed by atoms with E-state index in [0.29, 0.717) is 11.4 Å². The molecule has 0 radical (unpaired) electrons. The average molecular weight is 429 g/mol. The lowest BCUT2D eigenvalue weighted by atomic mass is 10.1. The Morgan fingerprint density at radius 3 is 2.38 bits per heavy atom. The fraction of sp³-hybridized carbons (Fsp3) is 0.154. The first-order valence-electron chi connectivity index (χ1n) is 10.3. The zero-order valence-corrected chi connectivity index (χ0v) is 18.2. The minimum absolute atomic E-state index is 0.262. The van der Waals surface area contributed by atoms with E-state index in [-0.39, 0.29) is 18.3 Å². The predicted molar refractivity (Wildman–Crippen MR) is 123 cm³/mol. The molecule has 1 heterocycles. The summed E-state index contributed by atoms with van der Waals surface area (Å²) in [5, 5.41) is 7.67. The molecule has 1 aromatic heterocycles. The molecule has 0 atom stereocenters. The van der Waals surface area contributed by atoms with E-state index in [0.717, 1.165) is 33.7 Å². The van der Waals surface area contributed by atoms with Gasteiger partial charge in [-0.15, -0.1) is 0 Å². The van der Waals surface area contributed by atoms with Crippen molar-refractivity contribution >= 4 is 5.91 Å². The fourth-order valence-electron chi connectivity index (χ4n) is 3.55. The molecule has 0 unspecified atom stereocenters. The van der Waals surface area contributed by atoms with Crippen molar-refractivity contribution < 1.29 is 13.9 Å². The van der Waals surface area contributed by atoms with Crippen LogP contribution in [0, 0.1) is 19.7 Å². The van der Waals surface area contributed by atoms with Crippen molar-refractivity contribution in [3.05, 3.63) is 101 Å². The number of aryl methyl sites for hydroxylation is 2. The van der Waals surface area contributed by atoms with E-state index in [2.05, 4.69) is 11.4 Å². The third-order valence-corrected chi connectivity index (χ3v) is 5.27. The lowest BCUT2D eigenvalue weighted by molar-refractivity contribution is 0.0943. The van der Waals surface area contributed by atoms with Crippen molar-refractivity contribution in [3.8, 4) is 22.7 Å². The van der Waals surface area contributed by atoms with Gasteiger partial charge in [-0.2, -0.15) is 5.10 Å². The molecule has 0 saturated carbocycles. The smallest absolute Gasteiger partial charge is 0.270 e. The number of hydrogen-bond donors (Lipinski definition) is 1. The molecule has 6 heteroatoms. The molecule has 3 aromatic carbocycles. The molecule has 32 heavy (non-hydrogen) atoms. The van der Waals surface area contributed by atoms with E-state index in [1.54, 1.807) is 30.0 Å². The number of halogens is 1. The van der Waals surface area contributed by atoms with Crippen LogP contribution in [-0.2, 0) is 6.54 Å². The summed E-state index contributed by atoms with van der Waals surface area (Å²) >= 11 is 0. The second-order valence-electron chi connectivity index (χ2n) is 7.65. The number of carbonyl (C=O) groups is 1. The van der Waals surface area contributed by atoms with Gasteiger partial charge < -0.3 is 10.1 Å². The number of ether oxygens (including phenoxy) is 1. The summed E-state index contributed by atoms with van der Waals surface area (Å²) in [5.74, 6) is 0.179. The zero-order valence-electron chi connectivity index (χ0n) is 18.2. The maximum Gasteiger partial charge on any atom is 0.270 e. The Labute approximate surface area is 186 Å². The largest absolute Gasteiger partial charge is 0.497 e. The summed E-state index contributed by atoms with van der Waals surface area (Å²) in [6.07, 6.45) is 0. The Kier molecular flexibility index (Phi) is 6.03. The van der Waals surface area contributed by atoms with Gasteiger partial charge in [0.15, 0.2) is 0 Å². The van der Waals surface area contributed by atoms with Gasteiger partial charge >= 0.3 is 0 Å². The van der Waals surface area contributed by atoms with Crippen molar-refractivity contribution in [1.82, 2.24) is 15.1 Å². The molecular formula is C26H24FN3O2. The molecule has 162 valence electrons. The van der Waals surface area contributed by atoms with Gasteiger partial charge in [0.25, 0.3) is 5.91 Å². The fourth-order valence-corrected chi connectivity index (χ4v) is 3.55. The molecule has 0 bridgehead atoms. The number of rotatable bonds is 6. The van der Waals surface area contributed by atoms with E-state index < -0.39 is 0 Å². The Morgan fingerprint density at radius 1 is 1.00 bits per heavy atom. The summed E-state index contributed by atoms with van der Waals surface area (Å²) in [6.45, 7) is 4.31. The van der Waals surface area contributed by atoms with Gasteiger partial charge in [-0.05, 0) is 73.5 Å². The van der Waals surface area contributed by atoms with Gasteiger partial charge in [0.2, 0.25) is 0 Å². The topological polar surface area (TPSA) is 56.1 Å². The first-order chi connectivity index (χ1) is 15.4. The number of hydrogen-bond acceptors (Lipinski definition) is 3.